The second-order valence-electron chi connectivity index (χ2n) is 3.52. The number of hydrogen-bond acceptors (Lipinski definition) is 4. The van der Waals surface area contributed by atoms with Gasteiger partial charge in [-0.3, -0.25) is 9.89 Å². The average molecular weight is 251 g/mol. The Kier molecular flexibility index (Phi) is 4.68. The molecule has 2 amide bonds. The Morgan fingerprint density at radius 3 is 2.83 bits per heavy atom. The molecule has 0 aromatic carbocycles. The van der Waals surface area contributed by atoms with E-state index < -0.39 is 18.5 Å². The van der Waals surface area contributed by atoms with E-state index in [1.165, 1.54) is 18.3 Å². The molecular weight excluding hydrogens is 238 g/mol. The number of nitrogens with zero attached hydrogens (tertiary/aromatic N) is 4. The van der Waals surface area contributed by atoms with E-state index in [4.69, 9.17) is 11.5 Å². The molecule has 0 spiro atoms. The van der Waals surface area contributed by atoms with Gasteiger partial charge in [0.15, 0.2) is 0 Å². The van der Waals surface area contributed by atoms with Crippen LogP contribution in [0.15, 0.2) is 6.33 Å². The third kappa shape index (κ3) is 3.79. The van der Waals surface area contributed by atoms with E-state index in [2.05, 4.69) is 21.1 Å². The summed E-state index contributed by atoms with van der Waals surface area (Å²) in [5.74, 6) is 1.63. The number of aromatic nitrogens is 3. The van der Waals surface area contributed by atoms with Crippen molar-refractivity contribution in [2.45, 2.75) is 6.54 Å². The number of amides is 2. The monoisotopic (exact) mass is 251 g/mol. The summed E-state index contributed by atoms with van der Waals surface area (Å²) in [6, 6.07) is -0.480. The molecule has 2 N–H and O–H groups in total. The van der Waals surface area contributed by atoms with Crippen molar-refractivity contribution in [3.05, 3.63) is 12.2 Å². The molecule has 0 aliphatic carbocycles. The van der Waals surface area contributed by atoms with Crippen molar-refractivity contribution in [1.29, 1.82) is 0 Å². The number of rotatable bonds is 5. The van der Waals surface area contributed by atoms with Crippen molar-refractivity contribution < 1.29 is 14.7 Å². The molecule has 8 nitrogen and oxygen atoms in total. The van der Waals surface area contributed by atoms with E-state index in [9.17, 15) is 9.59 Å². The molecule has 1 heterocycles. The lowest BCUT2D eigenvalue weighted by Gasteiger charge is -2.24. The van der Waals surface area contributed by atoms with E-state index in [0.717, 1.165) is 4.90 Å². The molecule has 0 fully saturated rings. The lowest BCUT2D eigenvalue weighted by molar-refractivity contribution is -0.137. The smallest absolute Gasteiger partial charge is 0.323 e. The van der Waals surface area contributed by atoms with Gasteiger partial charge in [-0.05, 0) is 0 Å². The molecule has 96 valence electrons. The SMILES string of the molecule is C#CCN(CC(=O)O)C(=O)N(C)Cc1ncn[nH]1. The number of carboxylic acids is 1. The van der Waals surface area contributed by atoms with Gasteiger partial charge in [0, 0.05) is 7.05 Å². The Bertz CT molecular complexity index is 451. The number of urea groups is 1. The highest BCUT2D eigenvalue weighted by Gasteiger charge is 2.20. The number of H-pyrrole nitrogens is 1. The molecule has 1 rings (SSSR count). The number of nitrogens with one attached hydrogen (secondary N) is 1. The largest absolute Gasteiger partial charge is 0.480 e. The fraction of sp³-hybridized carbons (Fsp3) is 0.400. The quantitative estimate of drug-likeness (QED) is 0.679. The zero-order valence-electron chi connectivity index (χ0n) is 9.83. The normalized spacial score (nSPS) is 9.56. The fourth-order valence-corrected chi connectivity index (χ4v) is 1.31. The standard InChI is InChI=1S/C10H13N5O3/c1-3-4-15(6-9(16)17)10(18)14(2)5-8-11-7-12-13-8/h1,7H,4-6H2,2H3,(H,16,17)(H,11,12,13). The van der Waals surface area contributed by atoms with Crippen LogP contribution in [0.4, 0.5) is 4.79 Å². The van der Waals surface area contributed by atoms with Crippen molar-refractivity contribution in [3.8, 4) is 12.3 Å². The molecule has 1 aromatic rings. The van der Waals surface area contributed by atoms with E-state index in [1.807, 2.05) is 0 Å². The topological polar surface area (TPSA) is 102 Å². The van der Waals surface area contributed by atoms with Gasteiger partial charge in [-0.2, -0.15) is 5.10 Å². The minimum Gasteiger partial charge on any atom is -0.480 e. The van der Waals surface area contributed by atoms with Gasteiger partial charge >= 0.3 is 12.0 Å². The number of carboxylic acid groups (broad SMARTS) is 1. The van der Waals surface area contributed by atoms with Crippen LogP contribution in [0.5, 0.6) is 0 Å². The molecule has 0 atom stereocenters. The first-order valence-electron chi connectivity index (χ1n) is 5.04. The van der Waals surface area contributed by atoms with Crippen LogP contribution in [-0.4, -0.2) is 62.2 Å². The molecule has 0 radical (unpaired) electrons. The van der Waals surface area contributed by atoms with E-state index in [-0.39, 0.29) is 13.1 Å². The van der Waals surface area contributed by atoms with Crippen LogP contribution in [-0.2, 0) is 11.3 Å². The Morgan fingerprint density at radius 2 is 2.33 bits per heavy atom. The summed E-state index contributed by atoms with van der Waals surface area (Å²) in [6.07, 6.45) is 6.42. The van der Waals surface area contributed by atoms with Gasteiger partial charge in [0.1, 0.15) is 18.7 Å². The maximum atomic E-state index is 11.9. The van der Waals surface area contributed by atoms with Gasteiger partial charge in [-0.1, -0.05) is 5.92 Å². The first-order chi connectivity index (χ1) is 8.54. The number of hydrogen-bond donors (Lipinski definition) is 2. The lowest BCUT2D eigenvalue weighted by atomic mass is 10.4. The first kappa shape index (κ1) is 13.5. The van der Waals surface area contributed by atoms with E-state index in [1.54, 1.807) is 0 Å². The molecule has 0 aliphatic heterocycles. The Hall–Kier alpha value is -2.56. The summed E-state index contributed by atoms with van der Waals surface area (Å²) >= 11 is 0. The van der Waals surface area contributed by atoms with Crippen molar-refractivity contribution in [2.75, 3.05) is 20.1 Å². The molecule has 18 heavy (non-hydrogen) atoms. The van der Waals surface area contributed by atoms with Crippen molar-refractivity contribution in [1.82, 2.24) is 25.0 Å². The van der Waals surface area contributed by atoms with Gasteiger partial charge in [0.05, 0.1) is 13.1 Å². The fourth-order valence-electron chi connectivity index (χ4n) is 1.31. The summed E-state index contributed by atoms with van der Waals surface area (Å²) in [5.41, 5.74) is 0. The molecule has 0 saturated heterocycles. The van der Waals surface area contributed by atoms with Gasteiger partial charge in [0.25, 0.3) is 0 Å². The van der Waals surface area contributed by atoms with Gasteiger partial charge in [0.2, 0.25) is 0 Å². The van der Waals surface area contributed by atoms with Gasteiger partial charge < -0.3 is 14.9 Å². The van der Waals surface area contributed by atoms with Crippen LogP contribution in [0.25, 0.3) is 0 Å². The second kappa shape index (κ2) is 6.24. The van der Waals surface area contributed by atoms with Crippen LogP contribution in [0.2, 0.25) is 0 Å². The van der Waals surface area contributed by atoms with Crippen molar-refractivity contribution >= 4 is 12.0 Å². The van der Waals surface area contributed by atoms with Crippen LogP contribution < -0.4 is 0 Å². The van der Waals surface area contributed by atoms with Crippen LogP contribution >= 0.6 is 0 Å². The predicted octanol–water partition coefficient (Wildman–Crippen LogP) is -0.624. The minimum atomic E-state index is -1.12. The number of carbonyl (C=O) groups excluding carboxylic acids is 1. The first-order valence-corrected chi connectivity index (χ1v) is 5.04. The van der Waals surface area contributed by atoms with E-state index >= 15 is 0 Å². The molecule has 1 aromatic heterocycles. The number of aliphatic carboxylic acids is 1. The maximum absolute atomic E-state index is 11.9. The predicted molar refractivity (Wildman–Crippen MR) is 61.3 cm³/mol. The zero-order chi connectivity index (χ0) is 13.5. The highest BCUT2D eigenvalue weighted by molar-refractivity contribution is 5.80. The lowest BCUT2D eigenvalue weighted by Crippen LogP contribution is -2.43. The summed E-state index contributed by atoms with van der Waals surface area (Å²) in [4.78, 5) is 28.8. The molecule has 8 heteroatoms. The summed E-state index contributed by atoms with van der Waals surface area (Å²) < 4.78 is 0. The summed E-state index contributed by atoms with van der Waals surface area (Å²) in [6.45, 7) is -0.310. The molecule has 0 saturated carbocycles. The Morgan fingerprint density at radius 1 is 1.61 bits per heavy atom. The van der Waals surface area contributed by atoms with Crippen LogP contribution in [0, 0.1) is 12.3 Å². The van der Waals surface area contributed by atoms with Crippen LogP contribution in [0.1, 0.15) is 5.82 Å². The van der Waals surface area contributed by atoms with Crippen molar-refractivity contribution in [2.24, 2.45) is 0 Å². The van der Waals surface area contributed by atoms with Crippen molar-refractivity contribution in [3.63, 3.8) is 0 Å². The summed E-state index contributed by atoms with van der Waals surface area (Å²) in [5, 5.41) is 14.9. The minimum absolute atomic E-state index is 0.0636. The molecule has 0 bridgehead atoms. The zero-order valence-corrected chi connectivity index (χ0v) is 9.83. The third-order valence-electron chi connectivity index (χ3n) is 2.06. The van der Waals surface area contributed by atoms with Gasteiger partial charge in [-0.25, -0.2) is 9.78 Å². The molecule has 0 aliphatic rings. The van der Waals surface area contributed by atoms with Gasteiger partial charge in [-0.15, -0.1) is 6.42 Å². The summed E-state index contributed by atoms with van der Waals surface area (Å²) in [7, 11) is 1.52. The highest BCUT2D eigenvalue weighted by Crippen LogP contribution is 2.01. The number of aromatic amines is 1. The molecular formula is C10H13N5O3. The number of carbonyl (C=O) groups is 2. The third-order valence-corrected chi connectivity index (χ3v) is 2.06. The highest BCUT2D eigenvalue weighted by atomic mass is 16.4. The Balaban J connectivity index is 2.64. The maximum Gasteiger partial charge on any atom is 0.323 e. The average Bonchev–Trinajstić information content (AvgIpc) is 2.79. The van der Waals surface area contributed by atoms with E-state index in [0.29, 0.717) is 5.82 Å². The second-order valence-corrected chi connectivity index (χ2v) is 3.52. The Labute approximate surface area is 104 Å². The molecule has 0 unspecified atom stereocenters. The van der Waals surface area contributed by atoms with Crippen LogP contribution in [0.3, 0.4) is 0 Å². The number of terminal acetylenes is 1.